The molecular weight excluding hydrogens is 665 g/mol. The highest BCUT2D eigenvalue weighted by molar-refractivity contribution is 7.09. The van der Waals surface area contributed by atoms with Crippen molar-refractivity contribution in [1.82, 2.24) is 20.1 Å². The first-order valence-electron chi connectivity index (χ1n) is 18.9. The van der Waals surface area contributed by atoms with Gasteiger partial charge in [-0.25, -0.2) is 4.98 Å². The Morgan fingerprint density at radius 2 is 1.78 bits per heavy atom. The third kappa shape index (κ3) is 10.3. The Morgan fingerprint density at radius 3 is 2.37 bits per heavy atom. The van der Waals surface area contributed by atoms with Crippen molar-refractivity contribution in [2.45, 2.75) is 123 Å². The number of benzene rings is 1. The number of carboxylic acids is 1. The first-order valence-corrected chi connectivity index (χ1v) is 19.8. The third-order valence-electron chi connectivity index (χ3n) is 11.5. The van der Waals surface area contributed by atoms with Crippen LogP contribution in [0.3, 0.4) is 0 Å². The van der Waals surface area contributed by atoms with Crippen molar-refractivity contribution in [3.8, 4) is 0 Å². The van der Waals surface area contributed by atoms with E-state index in [1.54, 1.807) is 12.3 Å². The molecule has 282 valence electrons. The number of thiazole rings is 1. The van der Waals surface area contributed by atoms with Crippen LogP contribution in [0.5, 0.6) is 0 Å². The quantitative estimate of drug-likeness (QED) is 0.155. The Kier molecular flexibility index (Phi) is 14.8. The summed E-state index contributed by atoms with van der Waals surface area (Å²) >= 11 is 1.35. The molecule has 2 fully saturated rings. The van der Waals surface area contributed by atoms with E-state index in [-0.39, 0.29) is 60.1 Å². The number of nitrogens with zero attached hydrogens (tertiary/aromatic N) is 3. The number of ketones is 1. The van der Waals surface area contributed by atoms with Crippen LogP contribution in [0.15, 0.2) is 35.7 Å². The van der Waals surface area contributed by atoms with Crippen LogP contribution >= 0.6 is 11.3 Å². The lowest BCUT2D eigenvalue weighted by molar-refractivity contribution is -0.143. The number of carbonyl (C=O) groups excluding carboxylic acids is 3. The van der Waals surface area contributed by atoms with Crippen LogP contribution in [0.1, 0.15) is 114 Å². The fourth-order valence-corrected chi connectivity index (χ4v) is 9.09. The molecule has 1 saturated carbocycles. The van der Waals surface area contributed by atoms with Crippen LogP contribution in [0.4, 0.5) is 0 Å². The van der Waals surface area contributed by atoms with Crippen molar-refractivity contribution in [2.75, 3.05) is 20.7 Å². The van der Waals surface area contributed by atoms with Gasteiger partial charge in [-0.05, 0) is 69.4 Å². The number of Topliss-reactive ketones (excluding diaryl/α,β-unsaturated/α-hetero) is 1. The van der Waals surface area contributed by atoms with E-state index in [2.05, 4.69) is 45.0 Å². The highest BCUT2D eigenvalue weighted by Gasteiger charge is 2.48. The molecule has 1 aliphatic heterocycles. The molecule has 1 aromatic heterocycles. The molecular formula is C40H60N4O6S. The highest BCUT2D eigenvalue weighted by atomic mass is 32.1. The topological polar surface area (TPSA) is 129 Å². The van der Waals surface area contributed by atoms with E-state index in [1.807, 2.05) is 49.2 Å². The summed E-state index contributed by atoms with van der Waals surface area (Å²) in [5.41, 5.74) is 1.26. The molecule has 10 nitrogen and oxygen atoms in total. The molecule has 1 aliphatic carbocycles. The molecule has 2 heterocycles. The number of nitrogens with one attached hydrogen (secondary N) is 1. The first-order chi connectivity index (χ1) is 24.2. The zero-order valence-electron chi connectivity index (χ0n) is 31.8. The maximum atomic E-state index is 14.3. The minimum absolute atomic E-state index is 0.00305. The number of aliphatic carboxylic acids is 1. The average Bonchev–Trinajstić information content (AvgIpc) is 3.86. The van der Waals surface area contributed by atoms with Crippen LogP contribution in [-0.4, -0.2) is 88.3 Å². The summed E-state index contributed by atoms with van der Waals surface area (Å²) in [6.07, 6.45) is 5.24. The molecule has 4 rings (SSSR count). The Morgan fingerprint density at radius 1 is 1.08 bits per heavy atom. The summed E-state index contributed by atoms with van der Waals surface area (Å²) in [5.74, 6) is -1.53. The molecule has 11 heteroatoms. The van der Waals surface area contributed by atoms with Gasteiger partial charge in [-0.1, -0.05) is 71.4 Å². The number of aromatic nitrogens is 1. The van der Waals surface area contributed by atoms with Gasteiger partial charge in [0.2, 0.25) is 5.91 Å². The van der Waals surface area contributed by atoms with E-state index in [1.165, 1.54) is 11.3 Å². The maximum Gasteiger partial charge on any atom is 0.306 e. The van der Waals surface area contributed by atoms with Crippen LogP contribution in [-0.2, 0) is 25.5 Å². The van der Waals surface area contributed by atoms with Crippen molar-refractivity contribution >= 4 is 34.9 Å². The molecule has 2 aromatic rings. The Balaban J connectivity index is 1.48. The second kappa shape index (κ2) is 18.6. The number of piperidine rings is 1. The molecule has 1 saturated heterocycles. The lowest BCUT2D eigenvalue weighted by atomic mass is 9.82. The van der Waals surface area contributed by atoms with Crippen LogP contribution in [0.2, 0.25) is 0 Å². The van der Waals surface area contributed by atoms with E-state index < -0.39 is 30.0 Å². The lowest BCUT2D eigenvalue weighted by Gasteiger charge is -2.37. The van der Waals surface area contributed by atoms with Gasteiger partial charge in [-0.15, -0.1) is 11.3 Å². The number of carbonyl (C=O) groups is 4. The van der Waals surface area contributed by atoms with Crippen molar-refractivity contribution < 1.29 is 29.0 Å². The van der Waals surface area contributed by atoms with Gasteiger partial charge in [0, 0.05) is 55.9 Å². The van der Waals surface area contributed by atoms with Gasteiger partial charge in [0.1, 0.15) is 16.8 Å². The maximum absolute atomic E-state index is 14.3. The normalized spacial score (nSPS) is 22.3. The first kappa shape index (κ1) is 40.6. The zero-order valence-corrected chi connectivity index (χ0v) is 32.7. The number of amides is 2. The molecule has 1 aromatic carbocycles. The van der Waals surface area contributed by atoms with Gasteiger partial charge >= 0.3 is 5.97 Å². The summed E-state index contributed by atoms with van der Waals surface area (Å²) in [5, 5.41) is 15.0. The minimum atomic E-state index is -0.906. The lowest BCUT2D eigenvalue weighted by Crippen LogP contribution is -2.48. The van der Waals surface area contributed by atoms with Gasteiger partial charge < -0.3 is 20.1 Å². The molecule has 2 aliphatic rings. The number of fused-ring (bicyclic) bond motifs is 2. The van der Waals surface area contributed by atoms with Crippen LogP contribution in [0, 0.1) is 29.6 Å². The highest BCUT2D eigenvalue weighted by Crippen LogP contribution is 2.43. The van der Waals surface area contributed by atoms with Crippen LogP contribution < -0.4 is 5.32 Å². The van der Waals surface area contributed by atoms with E-state index in [0.29, 0.717) is 36.4 Å². The van der Waals surface area contributed by atoms with Crippen molar-refractivity contribution in [1.29, 1.82) is 0 Å². The molecule has 0 radical (unpaired) electrons. The minimum Gasteiger partial charge on any atom is -0.481 e. The molecule has 2 N–H and O–H groups in total. The molecule has 0 spiro atoms. The summed E-state index contributed by atoms with van der Waals surface area (Å²) in [6, 6.07) is 9.52. The average molecular weight is 725 g/mol. The Bertz CT molecular complexity index is 1460. The van der Waals surface area contributed by atoms with Gasteiger partial charge in [0.15, 0.2) is 5.78 Å². The molecule has 2 bridgehead atoms. The number of hydrogen-bond acceptors (Lipinski definition) is 8. The third-order valence-corrected chi connectivity index (χ3v) is 12.4. The fourth-order valence-electron chi connectivity index (χ4n) is 8.23. The predicted octanol–water partition coefficient (Wildman–Crippen LogP) is 6.65. The van der Waals surface area contributed by atoms with E-state index in [0.717, 1.165) is 31.2 Å². The van der Waals surface area contributed by atoms with Crippen LogP contribution in [0.25, 0.3) is 0 Å². The second-order valence-corrected chi connectivity index (χ2v) is 16.2. The van der Waals surface area contributed by atoms with Crippen molar-refractivity contribution in [2.24, 2.45) is 29.6 Å². The summed E-state index contributed by atoms with van der Waals surface area (Å²) in [7, 11) is 3.92. The van der Waals surface area contributed by atoms with Gasteiger partial charge in [-0.2, -0.15) is 0 Å². The van der Waals surface area contributed by atoms with Crippen molar-refractivity contribution in [3.63, 3.8) is 0 Å². The van der Waals surface area contributed by atoms with Crippen molar-refractivity contribution in [3.05, 3.63) is 52.0 Å². The summed E-state index contributed by atoms with van der Waals surface area (Å²) in [6.45, 7) is 12.3. The molecule has 51 heavy (non-hydrogen) atoms. The molecule has 0 unspecified atom stereocenters. The number of ether oxygens (including phenoxy) is 1. The van der Waals surface area contributed by atoms with Gasteiger partial charge in [-0.3, -0.25) is 24.1 Å². The van der Waals surface area contributed by atoms with E-state index >= 15 is 0 Å². The van der Waals surface area contributed by atoms with Gasteiger partial charge in [0.25, 0.3) is 5.91 Å². The number of likely N-dealkylation sites (N-methyl/N-ethyl adjacent to an activating group) is 1. The SMILES string of the molecule is CCO[C@H](C[C@H](C(C)C)N(C)C(=O)[C@@H](CC(=O)[C@H]1[C@@H]2CC[C@@H](C2)N1C)[C@@H](C)CC)c1nc(C(=O)N[C@@H](Cc2ccccc2)C[C@H](C)C(=O)O)cs1. The number of likely N-dealkylation sites (tertiary alicyclic amines) is 1. The van der Waals surface area contributed by atoms with E-state index in [9.17, 15) is 24.3 Å². The number of rotatable bonds is 20. The Hall–Kier alpha value is -3.15. The van der Waals surface area contributed by atoms with E-state index in [4.69, 9.17) is 9.72 Å². The molecule has 9 atom stereocenters. The number of hydrogen-bond donors (Lipinski definition) is 2. The zero-order chi connectivity index (χ0) is 37.4. The second-order valence-electron chi connectivity index (χ2n) is 15.3. The van der Waals surface area contributed by atoms with Gasteiger partial charge in [0.05, 0.1) is 12.0 Å². The summed E-state index contributed by atoms with van der Waals surface area (Å²) in [4.78, 5) is 62.0. The fraction of sp³-hybridized carbons (Fsp3) is 0.675. The monoisotopic (exact) mass is 724 g/mol. The Labute approximate surface area is 308 Å². The predicted molar refractivity (Wildman–Crippen MR) is 201 cm³/mol. The molecule has 2 amide bonds. The number of carboxylic acid groups (broad SMARTS) is 1. The summed E-state index contributed by atoms with van der Waals surface area (Å²) < 4.78 is 6.23. The smallest absolute Gasteiger partial charge is 0.306 e. The standard InChI is InChI=1S/C40H60N4O6S/c1-9-25(5)31(21-34(45)36-28-16-17-30(20-28)43(36)7)39(47)44(8)33(24(3)4)22-35(50-10-2)38-42-32(23-51-38)37(46)41-29(18-26(6)40(48)49)19-27-14-12-11-13-15-27/h11-15,23-26,28-31,33,35-36H,9-10,16-22H2,1-8H3,(H,41,46)(H,48,49)/t25-,26-,28+,29+,30-,31-,33+,35+,36+/m0/s1. The largest absolute Gasteiger partial charge is 0.481 e.